The zero-order valence-electron chi connectivity index (χ0n) is 9.34. The molecule has 0 aliphatic carbocycles. The van der Waals surface area contributed by atoms with Gasteiger partial charge in [0.15, 0.2) is 0 Å². The molecule has 0 aliphatic rings. The average Bonchev–Trinajstić information content (AvgIpc) is 2.05. The summed E-state index contributed by atoms with van der Waals surface area (Å²) in [5.74, 6) is 0.193. The molecule has 0 bridgehead atoms. The van der Waals surface area contributed by atoms with Gasteiger partial charge in [0, 0.05) is 6.08 Å². The molecule has 13 heavy (non-hydrogen) atoms. The van der Waals surface area contributed by atoms with E-state index >= 15 is 0 Å². The Morgan fingerprint density at radius 1 is 1.31 bits per heavy atom. The van der Waals surface area contributed by atoms with E-state index in [4.69, 9.17) is 0 Å². The van der Waals surface area contributed by atoms with Gasteiger partial charge in [0.25, 0.3) is 0 Å². The van der Waals surface area contributed by atoms with Crippen LogP contribution in [0, 0.1) is 0 Å². The second kappa shape index (κ2) is 5.92. The molecule has 0 saturated heterocycles. The van der Waals surface area contributed by atoms with E-state index in [-0.39, 0.29) is 5.91 Å². The number of allylic oxidation sites excluding steroid dienone is 1. The molecule has 2 heteroatoms. The van der Waals surface area contributed by atoms with Crippen LogP contribution in [0.2, 0.25) is 0 Å². The van der Waals surface area contributed by atoms with E-state index in [0.29, 0.717) is 4.48 Å². The van der Waals surface area contributed by atoms with Gasteiger partial charge in [-0.3, -0.25) is 4.48 Å². The van der Waals surface area contributed by atoms with Gasteiger partial charge >= 0.3 is 5.91 Å². The smallest absolute Gasteiger partial charge is 0.261 e. The largest absolute Gasteiger partial charge is 0.337 e. The first-order valence-corrected chi connectivity index (χ1v) is 5.04. The Balaban J connectivity index is 3.98. The molecule has 0 heterocycles. The van der Waals surface area contributed by atoms with E-state index in [1.165, 1.54) is 12.8 Å². The Hall–Kier alpha value is -0.630. The fraction of sp³-hybridized carbons (Fsp3) is 0.727. The van der Waals surface area contributed by atoms with Crippen molar-refractivity contribution in [1.82, 2.24) is 0 Å². The van der Waals surface area contributed by atoms with Crippen molar-refractivity contribution < 1.29 is 9.28 Å². The molecule has 0 unspecified atom stereocenters. The Bertz CT molecular complexity index is 183. The Labute approximate surface area is 81.8 Å². The Kier molecular flexibility index (Phi) is 5.63. The summed E-state index contributed by atoms with van der Waals surface area (Å²) in [4.78, 5) is 11.5. The SMILES string of the molecule is CC=CC(=O)[N+](C)(C)CCCCC. The lowest BCUT2D eigenvalue weighted by atomic mass is 10.2. The van der Waals surface area contributed by atoms with Crippen LogP contribution in [0.1, 0.15) is 33.1 Å². The second-order valence-corrected chi connectivity index (χ2v) is 3.95. The van der Waals surface area contributed by atoms with Gasteiger partial charge in [-0.05, 0) is 19.8 Å². The number of hydrogen-bond donors (Lipinski definition) is 0. The molecule has 0 aliphatic heterocycles. The molecule has 0 spiro atoms. The molecule has 0 aromatic heterocycles. The van der Waals surface area contributed by atoms with Crippen LogP contribution in [0.3, 0.4) is 0 Å². The molecule has 0 fully saturated rings. The predicted molar refractivity (Wildman–Crippen MR) is 56.3 cm³/mol. The van der Waals surface area contributed by atoms with E-state index in [9.17, 15) is 4.79 Å². The highest BCUT2D eigenvalue weighted by molar-refractivity contribution is 5.81. The molecule has 0 radical (unpaired) electrons. The van der Waals surface area contributed by atoms with Gasteiger partial charge in [-0.25, -0.2) is 4.79 Å². The summed E-state index contributed by atoms with van der Waals surface area (Å²) in [5.41, 5.74) is 0. The fourth-order valence-electron chi connectivity index (χ4n) is 1.21. The zero-order valence-corrected chi connectivity index (χ0v) is 9.34. The van der Waals surface area contributed by atoms with Crippen LogP contribution in [0.25, 0.3) is 0 Å². The van der Waals surface area contributed by atoms with Gasteiger partial charge in [0.2, 0.25) is 0 Å². The Morgan fingerprint density at radius 3 is 2.38 bits per heavy atom. The molecule has 2 nitrogen and oxygen atoms in total. The normalized spacial score (nSPS) is 12.3. The fourth-order valence-corrected chi connectivity index (χ4v) is 1.21. The van der Waals surface area contributed by atoms with Crippen LogP contribution in [-0.4, -0.2) is 31.0 Å². The summed E-state index contributed by atoms with van der Waals surface area (Å²) >= 11 is 0. The van der Waals surface area contributed by atoms with Gasteiger partial charge in [0.1, 0.15) is 0 Å². The summed E-state index contributed by atoms with van der Waals surface area (Å²) in [5, 5.41) is 0. The van der Waals surface area contributed by atoms with E-state index < -0.39 is 0 Å². The van der Waals surface area contributed by atoms with Gasteiger partial charge in [-0.1, -0.05) is 19.4 Å². The summed E-state index contributed by atoms with van der Waals surface area (Å²) in [7, 11) is 3.94. The highest BCUT2D eigenvalue weighted by atomic mass is 16.2. The van der Waals surface area contributed by atoms with Crippen molar-refractivity contribution in [2.24, 2.45) is 0 Å². The predicted octanol–water partition coefficient (Wildman–Crippen LogP) is 2.36. The maximum Gasteiger partial charge on any atom is 0.337 e. The lowest BCUT2D eigenvalue weighted by Crippen LogP contribution is -2.45. The van der Waals surface area contributed by atoms with Crippen LogP contribution < -0.4 is 0 Å². The molecule has 0 aromatic carbocycles. The zero-order chi connectivity index (χ0) is 10.3. The van der Waals surface area contributed by atoms with Gasteiger partial charge < -0.3 is 0 Å². The molecule has 0 aromatic rings. The molecule has 1 amide bonds. The first-order valence-electron chi connectivity index (χ1n) is 5.04. The standard InChI is InChI=1S/C11H22NO/c1-5-7-8-10-12(3,4)11(13)9-6-2/h6,9H,5,7-8,10H2,1-4H3/q+1. The topological polar surface area (TPSA) is 17.1 Å². The molecule has 76 valence electrons. The number of quaternary nitrogens is 1. The van der Waals surface area contributed by atoms with Crippen LogP contribution in [0.15, 0.2) is 12.2 Å². The summed E-state index contributed by atoms with van der Waals surface area (Å²) in [6.07, 6.45) is 7.02. The van der Waals surface area contributed by atoms with Crippen molar-refractivity contribution in [3.8, 4) is 0 Å². The molecule has 0 atom stereocenters. The minimum absolute atomic E-state index is 0.193. The summed E-state index contributed by atoms with van der Waals surface area (Å²) in [6.45, 7) is 4.99. The van der Waals surface area contributed by atoms with Crippen molar-refractivity contribution in [2.75, 3.05) is 20.6 Å². The number of unbranched alkanes of at least 4 members (excludes halogenated alkanes) is 2. The average molecular weight is 184 g/mol. The van der Waals surface area contributed by atoms with Crippen molar-refractivity contribution in [3.63, 3.8) is 0 Å². The molecule has 0 N–H and O–H groups in total. The summed E-state index contributed by atoms with van der Waals surface area (Å²) < 4.78 is 0.477. The Morgan fingerprint density at radius 2 is 1.92 bits per heavy atom. The van der Waals surface area contributed by atoms with Crippen molar-refractivity contribution in [2.45, 2.75) is 33.1 Å². The second-order valence-electron chi connectivity index (χ2n) is 3.95. The van der Waals surface area contributed by atoms with Crippen LogP contribution >= 0.6 is 0 Å². The van der Waals surface area contributed by atoms with E-state index in [0.717, 1.165) is 13.0 Å². The van der Waals surface area contributed by atoms with Crippen LogP contribution in [-0.2, 0) is 4.79 Å². The maximum absolute atomic E-state index is 11.5. The number of rotatable bonds is 5. The van der Waals surface area contributed by atoms with Crippen molar-refractivity contribution in [3.05, 3.63) is 12.2 Å². The van der Waals surface area contributed by atoms with Gasteiger partial charge in [-0.15, -0.1) is 0 Å². The minimum atomic E-state index is 0.193. The van der Waals surface area contributed by atoms with Crippen molar-refractivity contribution in [1.29, 1.82) is 0 Å². The summed E-state index contributed by atoms with van der Waals surface area (Å²) in [6, 6.07) is 0. The number of carbonyl (C=O) groups excluding carboxylic acids is 1. The highest BCUT2D eigenvalue weighted by Gasteiger charge is 2.22. The van der Waals surface area contributed by atoms with E-state index in [2.05, 4.69) is 6.92 Å². The third kappa shape index (κ3) is 4.83. The highest BCUT2D eigenvalue weighted by Crippen LogP contribution is 2.05. The minimum Gasteiger partial charge on any atom is -0.261 e. The lowest BCUT2D eigenvalue weighted by Gasteiger charge is -2.25. The third-order valence-electron chi connectivity index (χ3n) is 2.23. The number of hydrogen-bond acceptors (Lipinski definition) is 1. The molecule has 0 saturated carbocycles. The first kappa shape index (κ1) is 12.4. The molecular formula is C11H22NO+. The van der Waals surface area contributed by atoms with Crippen molar-refractivity contribution >= 4 is 5.91 Å². The van der Waals surface area contributed by atoms with E-state index in [1.807, 2.05) is 27.1 Å². The van der Waals surface area contributed by atoms with Crippen LogP contribution in [0.4, 0.5) is 0 Å². The quantitative estimate of drug-likeness (QED) is 0.364. The number of amides is 1. The molecular weight excluding hydrogens is 162 g/mol. The van der Waals surface area contributed by atoms with E-state index in [1.54, 1.807) is 6.08 Å². The number of nitrogens with zero attached hydrogens (tertiary/aromatic N) is 1. The van der Waals surface area contributed by atoms with Gasteiger partial charge in [0.05, 0.1) is 20.6 Å². The first-order chi connectivity index (χ1) is 6.04. The maximum atomic E-state index is 11.5. The monoisotopic (exact) mass is 184 g/mol. The lowest BCUT2D eigenvalue weighted by molar-refractivity contribution is -0.811. The molecule has 0 rings (SSSR count). The van der Waals surface area contributed by atoms with Gasteiger partial charge in [-0.2, -0.15) is 0 Å². The number of likely N-dealkylation sites (N-methyl/N-ethyl adjacent to an activating group) is 1. The third-order valence-corrected chi connectivity index (χ3v) is 2.23. The van der Waals surface area contributed by atoms with Crippen LogP contribution in [0.5, 0.6) is 0 Å². The number of carbonyl (C=O) groups is 1.